The van der Waals surface area contributed by atoms with Crippen molar-refractivity contribution in [3.8, 4) is 0 Å². The van der Waals surface area contributed by atoms with Crippen LogP contribution in [0.3, 0.4) is 0 Å². The van der Waals surface area contributed by atoms with Gasteiger partial charge in [-0.05, 0) is 18.9 Å². The lowest BCUT2D eigenvalue weighted by molar-refractivity contribution is -0.137. The Balaban J connectivity index is 2.78. The van der Waals surface area contributed by atoms with E-state index < -0.39 is 11.8 Å². The first kappa shape index (κ1) is 11.4. The molecule has 0 fully saturated rings. The molecule has 1 aromatic carbocycles. The van der Waals surface area contributed by atoms with Crippen molar-refractivity contribution in [3.05, 3.63) is 35.4 Å². The van der Waals surface area contributed by atoms with Gasteiger partial charge in [0.05, 0.1) is 6.61 Å². The molecule has 0 atom stereocenters. The molecule has 80 valence electrons. The van der Waals surface area contributed by atoms with Crippen molar-refractivity contribution in [1.82, 2.24) is 0 Å². The highest BCUT2D eigenvalue weighted by Crippen LogP contribution is 2.06. The van der Waals surface area contributed by atoms with Crippen molar-refractivity contribution < 1.29 is 14.3 Å². The van der Waals surface area contributed by atoms with Crippen molar-refractivity contribution in [2.75, 3.05) is 6.61 Å². The van der Waals surface area contributed by atoms with E-state index >= 15 is 0 Å². The Morgan fingerprint density at radius 1 is 1.13 bits per heavy atom. The lowest BCUT2D eigenvalue weighted by Crippen LogP contribution is -2.17. The molecule has 0 radical (unpaired) electrons. The molecule has 0 spiro atoms. The van der Waals surface area contributed by atoms with E-state index in [2.05, 4.69) is 4.74 Å². The molecule has 0 N–H and O–H groups in total. The van der Waals surface area contributed by atoms with Crippen LogP contribution in [0.5, 0.6) is 0 Å². The highest BCUT2D eigenvalue weighted by atomic mass is 16.5. The van der Waals surface area contributed by atoms with Gasteiger partial charge in [0.1, 0.15) is 0 Å². The fourth-order valence-corrected chi connectivity index (χ4v) is 1.21. The highest BCUT2D eigenvalue weighted by Gasteiger charge is 2.16. The number of ether oxygens (including phenoxy) is 1. The van der Waals surface area contributed by atoms with E-state index in [9.17, 15) is 9.59 Å². The van der Waals surface area contributed by atoms with Crippen LogP contribution < -0.4 is 0 Å². The summed E-state index contributed by atoms with van der Waals surface area (Å²) in [5.41, 5.74) is 1.51. The third kappa shape index (κ3) is 2.91. The second-order valence-electron chi connectivity index (χ2n) is 3.10. The van der Waals surface area contributed by atoms with Crippen LogP contribution in [0.25, 0.3) is 0 Å². The summed E-state index contributed by atoms with van der Waals surface area (Å²) in [5.74, 6) is -1.37. The van der Waals surface area contributed by atoms with Crippen LogP contribution in [0, 0.1) is 0 Å². The van der Waals surface area contributed by atoms with Gasteiger partial charge in [-0.25, -0.2) is 4.79 Å². The van der Waals surface area contributed by atoms with Gasteiger partial charge >= 0.3 is 5.97 Å². The van der Waals surface area contributed by atoms with Crippen molar-refractivity contribution in [3.63, 3.8) is 0 Å². The first-order valence-electron chi connectivity index (χ1n) is 4.99. The van der Waals surface area contributed by atoms with E-state index in [0.717, 1.165) is 12.0 Å². The maximum atomic E-state index is 11.5. The Morgan fingerprint density at radius 2 is 1.73 bits per heavy atom. The Labute approximate surface area is 89.1 Å². The third-order valence-electron chi connectivity index (χ3n) is 2.09. The minimum absolute atomic E-state index is 0.220. The second-order valence-corrected chi connectivity index (χ2v) is 3.10. The predicted octanol–water partition coefficient (Wildman–Crippen LogP) is 1.99. The number of aryl methyl sites for hydroxylation is 1. The molecular formula is C12H14O3. The zero-order valence-corrected chi connectivity index (χ0v) is 8.95. The minimum Gasteiger partial charge on any atom is -0.460 e. The number of ketones is 1. The predicted molar refractivity (Wildman–Crippen MR) is 56.8 cm³/mol. The molecule has 15 heavy (non-hydrogen) atoms. The number of Topliss-reactive ketones (excluding diaryl/α,β-unsaturated/α-hetero) is 1. The lowest BCUT2D eigenvalue weighted by Gasteiger charge is -2.01. The molecule has 0 heterocycles. The van der Waals surface area contributed by atoms with E-state index in [-0.39, 0.29) is 6.61 Å². The number of carbonyl (C=O) groups is 2. The molecule has 3 heteroatoms. The summed E-state index contributed by atoms with van der Waals surface area (Å²) in [6.07, 6.45) is 0.911. The van der Waals surface area contributed by atoms with Crippen LogP contribution >= 0.6 is 0 Å². The minimum atomic E-state index is -0.790. The second kappa shape index (κ2) is 5.29. The maximum absolute atomic E-state index is 11.5. The van der Waals surface area contributed by atoms with E-state index in [0.29, 0.717) is 5.56 Å². The molecule has 0 saturated carbocycles. The van der Waals surface area contributed by atoms with Crippen molar-refractivity contribution in [2.45, 2.75) is 20.3 Å². The standard InChI is InChI=1S/C12H14O3/c1-3-9-5-7-10(8-6-9)11(13)12(14)15-4-2/h5-8H,3-4H2,1-2H3. The summed E-state index contributed by atoms with van der Waals surface area (Å²) in [4.78, 5) is 22.6. The smallest absolute Gasteiger partial charge is 0.379 e. The Bertz CT molecular complexity index is 352. The fraction of sp³-hybridized carbons (Fsp3) is 0.333. The van der Waals surface area contributed by atoms with Gasteiger partial charge in [0.25, 0.3) is 5.78 Å². The number of benzene rings is 1. The summed E-state index contributed by atoms with van der Waals surface area (Å²) < 4.78 is 4.63. The first-order valence-corrected chi connectivity index (χ1v) is 4.99. The Hall–Kier alpha value is -1.64. The highest BCUT2D eigenvalue weighted by molar-refractivity contribution is 6.40. The van der Waals surface area contributed by atoms with E-state index in [1.54, 1.807) is 19.1 Å². The lowest BCUT2D eigenvalue weighted by atomic mass is 10.1. The monoisotopic (exact) mass is 206 g/mol. The van der Waals surface area contributed by atoms with Crippen LogP contribution in [-0.2, 0) is 16.0 Å². The van der Waals surface area contributed by atoms with Gasteiger partial charge in [0.15, 0.2) is 0 Å². The summed E-state index contributed by atoms with van der Waals surface area (Å²) in [7, 11) is 0. The van der Waals surface area contributed by atoms with Gasteiger partial charge < -0.3 is 4.74 Å². The van der Waals surface area contributed by atoms with Crippen LogP contribution in [0.2, 0.25) is 0 Å². The first-order chi connectivity index (χ1) is 7.19. The van der Waals surface area contributed by atoms with E-state index in [1.807, 2.05) is 19.1 Å². The Kier molecular flexibility index (Phi) is 4.03. The molecule has 1 rings (SSSR count). The molecule has 1 aromatic rings. The van der Waals surface area contributed by atoms with Crippen LogP contribution in [0.4, 0.5) is 0 Å². The SMILES string of the molecule is CCOC(=O)C(=O)c1ccc(CC)cc1. The summed E-state index contributed by atoms with van der Waals surface area (Å²) in [6, 6.07) is 6.98. The zero-order valence-electron chi connectivity index (χ0n) is 8.95. The molecule has 0 aromatic heterocycles. The molecule has 0 amide bonds. The van der Waals surface area contributed by atoms with Crippen LogP contribution in [0.1, 0.15) is 29.8 Å². The topological polar surface area (TPSA) is 43.4 Å². The Morgan fingerprint density at radius 3 is 2.20 bits per heavy atom. The molecular weight excluding hydrogens is 192 g/mol. The normalized spacial score (nSPS) is 9.73. The molecule has 3 nitrogen and oxygen atoms in total. The summed E-state index contributed by atoms with van der Waals surface area (Å²) >= 11 is 0. The average Bonchev–Trinajstić information content (AvgIpc) is 2.28. The van der Waals surface area contributed by atoms with Crippen LogP contribution in [0.15, 0.2) is 24.3 Å². The molecule has 0 aliphatic rings. The molecule has 0 saturated heterocycles. The van der Waals surface area contributed by atoms with Gasteiger partial charge in [0, 0.05) is 5.56 Å². The fourth-order valence-electron chi connectivity index (χ4n) is 1.21. The van der Waals surface area contributed by atoms with Gasteiger partial charge in [-0.15, -0.1) is 0 Å². The van der Waals surface area contributed by atoms with Crippen LogP contribution in [-0.4, -0.2) is 18.4 Å². The largest absolute Gasteiger partial charge is 0.460 e. The van der Waals surface area contributed by atoms with Crippen molar-refractivity contribution >= 4 is 11.8 Å². The number of rotatable bonds is 4. The summed E-state index contributed by atoms with van der Waals surface area (Å²) in [5, 5.41) is 0. The maximum Gasteiger partial charge on any atom is 0.379 e. The molecule has 0 aliphatic carbocycles. The average molecular weight is 206 g/mol. The van der Waals surface area contributed by atoms with Gasteiger partial charge in [-0.1, -0.05) is 31.2 Å². The quantitative estimate of drug-likeness (QED) is 0.430. The number of carbonyl (C=O) groups excluding carboxylic acids is 2. The van der Waals surface area contributed by atoms with Gasteiger partial charge in [-0.2, -0.15) is 0 Å². The van der Waals surface area contributed by atoms with Gasteiger partial charge in [0.2, 0.25) is 0 Å². The van der Waals surface area contributed by atoms with Crippen molar-refractivity contribution in [2.24, 2.45) is 0 Å². The molecule has 0 aliphatic heterocycles. The number of hydrogen-bond acceptors (Lipinski definition) is 3. The summed E-state index contributed by atoms with van der Waals surface area (Å²) in [6.45, 7) is 3.92. The van der Waals surface area contributed by atoms with Crippen molar-refractivity contribution in [1.29, 1.82) is 0 Å². The van der Waals surface area contributed by atoms with Gasteiger partial charge in [-0.3, -0.25) is 4.79 Å². The zero-order chi connectivity index (χ0) is 11.3. The number of hydrogen-bond donors (Lipinski definition) is 0. The molecule has 0 bridgehead atoms. The molecule has 0 unspecified atom stereocenters. The van der Waals surface area contributed by atoms with E-state index in [4.69, 9.17) is 0 Å². The van der Waals surface area contributed by atoms with E-state index in [1.165, 1.54) is 0 Å². The number of esters is 1. The third-order valence-corrected chi connectivity index (χ3v) is 2.09.